The highest BCUT2D eigenvalue weighted by Gasteiger charge is 2.44. The minimum Gasteiger partial charge on any atom is -0.489 e. The molecule has 0 bridgehead atoms. The number of hydrogen-bond acceptors (Lipinski definition) is 4. The molecule has 0 amide bonds. The second kappa shape index (κ2) is 13.9. The summed E-state index contributed by atoms with van der Waals surface area (Å²) in [7, 11) is 0. The first-order chi connectivity index (χ1) is 21.5. The molecule has 4 nitrogen and oxygen atoms in total. The molecule has 46 heavy (non-hydrogen) atoms. The van der Waals surface area contributed by atoms with Gasteiger partial charge in [0.25, 0.3) is 0 Å². The number of hydrogen-bond donors (Lipinski definition) is 1. The average molecular weight is 662 g/mol. The van der Waals surface area contributed by atoms with Gasteiger partial charge in [0.05, 0.1) is 17.2 Å². The van der Waals surface area contributed by atoms with Crippen LogP contribution in [0, 0.1) is 0 Å². The fraction of sp³-hybridized carbons (Fsp3) is 0.250. The van der Waals surface area contributed by atoms with Gasteiger partial charge in [-0.15, -0.1) is 0 Å². The van der Waals surface area contributed by atoms with E-state index in [1.165, 1.54) is 59.5 Å². The summed E-state index contributed by atoms with van der Waals surface area (Å²) in [6.07, 6.45) is -20.0. The molecule has 0 fully saturated rings. The maximum absolute atomic E-state index is 13.7. The fourth-order valence-corrected chi connectivity index (χ4v) is 4.52. The highest BCUT2D eigenvalue weighted by Crippen LogP contribution is 2.36. The van der Waals surface area contributed by atoms with Crippen molar-refractivity contribution in [3.63, 3.8) is 0 Å². The molecular formula is C32H25F10NO3. The lowest BCUT2D eigenvalue weighted by molar-refractivity contribution is -0.253. The summed E-state index contributed by atoms with van der Waals surface area (Å²) in [5, 5.41) is 11.0. The molecule has 0 aliphatic carbocycles. The van der Waals surface area contributed by atoms with Crippen molar-refractivity contribution in [3.05, 3.63) is 125 Å². The molecule has 0 aromatic heterocycles. The second-order valence-corrected chi connectivity index (χ2v) is 10.1. The Balaban J connectivity index is 1.63. The van der Waals surface area contributed by atoms with Crippen LogP contribution in [0.4, 0.5) is 49.6 Å². The van der Waals surface area contributed by atoms with E-state index in [1.54, 1.807) is 0 Å². The Hall–Kier alpha value is -4.46. The number of anilines is 1. The van der Waals surface area contributed by atoms with Crippen LogP contribution in [0.25, 0.3) is 0 Å². The summed E-state index contributed by atoms with van der Waals surface area (Å²) in [5.41, 5.74) is -1.73. The van der Waals surface area contributed by atoms with Gasteiger partial charge >= 0.3 is 24.9 Å². The van der Waals surface area contributed by atoms with Gasteiger partial charge in [-0.3, -0.25) is 0 Å². The van der Waals surface area contributed by atoms with Gasteiger partial charge in [-0.2, -0.15) is 43.9 Å². The van der Waals surface area contributed by atoms with Crippen molar-refractivity contribution >= 4 is 5.69 Å². The Morgan fingerprint density at radius 3 is 2.02 bits per heavy atom. The lowest BCUT2D eigenvalue weighted by Gasteiger charge is -2.29. The summed E-state index contributed by atoms with van der Waals surface area (Å²) in [5.74, 6) is -0.456. The average Bonchev–Trinajstić information content (AvgIpc) is 2.99. The van der Waals surface area contributed by atoms with E-state index in [4.69, 9.17) is 4.74 Å². The van der Waals surface area contributed by atoms with Crippen LogP contribution >= 0.6 is 0 Å². The maximum Gasteiger partial charge on any atom is 0.461 e. The third kappa shape index (κ3) is 9.05. The van der Waals surface area contributed by atoms with Gasteiger partial charge in [-0.25, -0.2) is 0 Å². The van der Waals surface area contributed by atoms with E-state index in [-0.39, 0.29) is 35.7 Å². The molecule has 14 heteroatoms. The molecule has 0 heterocycles. The van der Waals surface area contributed by atoms with Crippen LogP contribution in [0.15, 0.2) is 97.1 Å². The topological polar surface area (TPSA) is 41.9 Å². The van der Waals surface area contributed by atoms with Crippen LogP contribution in [-0.4, -0.2) is 24.2 Å². The van der Waals surface area contributed by atoms with Gasteiger partial charge in [0.1, 0.15) is 18.1 Å². The highest BCUT2D eigenvalue weighted by atomic mass is 19.4. The van der Waals surface area contributed by atoms with Gasteiger partial charge in [0.15, 0.2) is 0 Å². The van der Waals surface area contributed by atoms with E-state index in [0.717, 1.165) is 42.5 Å². The Morgan fingerprint density at radius 2 is 1.33 bits per heavy atom. The van der Waals surface area contributed by atoms with E-state index < -0.39 is 60.0 Å². The number of benzene rings is 4. The smallest absolute Gasteiger partial charge is 0.461 e. The van der Waals surface area contributed by atoms with Crippen molar-refractivity contribution in [2.24, 2.45) is 0 Å². The molecule has 1 N–H and O–H groups in total. The van der Waals surface area contributed by atoms with Crippen LogP contribution in [0.3, 0.4) is 0 Å². The van der Waals surface area contributed by atoms with Crippen molar-refractivity contribution in [3.8, 4) is 11.5 Å². The molecule has 0 radical (unpaired) electrons. The quantitative estimate of drug-likeness (QED) is 0.154. The van der Waals surface area contributed by atoms with E-state index in [0.29, 0.717) is 0 Å². The van der Waals surface area contributed by atoms with Gasteiger partial charge in [-0.05, 0) is 59.2 Å². The van der Waals surface area contributed by atoms with Gasteiger partial charge in [-0.1, -0.05) is 48.5 Å². The van der Waals surface area contributed by atoms with E-state index >= 15 is 0 Å². The van der Waals surface area contributed by atoms with Crippen LogP contribution < -0.4 is 14.4 Å². The van der Waals surface area contributed by atoms with Crippen LogP contribution in [0.1, 0.15) is 33.9 Å². The Morgan fingerprint density at radius 1 is 0.674 bits per heavy atom. The maximum atomic E-state index is 13.7. The molecule has 0 spiro atoms. The number of nitrogens with zero attached hydrogens (tertiary/aromatic N) is 1. The zero-order valence-electron chi connectivity index (χ0n) is 23.5. The molecule has 4 aromatic rings. The predicted molar refractivity (Wildman–Crippen MR) is 148 cm³/mol. The third-order valence-corrected chi connectivity index (χ3v) is 6.64. The molecular weight excluding hydrogens is 636 g/mol. The van der Waals surface area contributed by atoms with Crippen molar-refractivity contribution in [2.45, 2.75) is 44.1 Å². The molecule has 4 rings (SSSR count). The first kappa shape index (κ1) is 34.4. The molecule has 0 saturated carbocycles. The van der Waals surface area contributed by atoms with Gasteiger partial charge in [0, 0.05) is 24.8 Å². The van der Waals surface area contributed by atoms with E-state index in [2.05, 4.69) is 4.74 Å². The largest absolute Gasteiger partial charge is 0.489 e. The SMILES string of the molecule is OC(CN(Cc1cccc(OC(F)(F)C(F)F)c1)c1cccc(OCc2cccc(C(F)(F)F)c2)c1)c1ccccc1C(F)(F)F. The summed E-state index contributed by atoms with van der Waals surface area (Å²) in [6.45, 7) is -0.977. The molecule has 4 aromatic carbocycles. The summed E-state index contributed by atoms with van der Waals surface area (Å²) in [6, 6.07) is 19.4. The number of alkyl halides is 10. The second-order valence-electron chi connectivity index (χ2n) is 10.1. The number of rotatable bonds is 12. The van der Waals surface area contributed by atoms with E-state index in [9.17, 15) is 49.0 Å². The van der Waals surface area contributed by atoms with Crippen molar-refractivity contribution in [1.29, 1.82) is 0 Å². The van der Waals surface area contributed by atoms with Crippen LogP contribution in [-0.2, 0) is 25.5 Å². The lowest BCUT2D eigenvalue weighted by atomic mass is 10.0. The van der Waals surface area contributed by atoms with Crippen LogP contribution in [0.2, 0.25) is 0 Å². The molecule has 246 valence electrons. The van der Waals surface area contributed by atoms with Crippen molar-refractivity contribution in [1.82, 2.24) is 0 Å². The Bertz CT molecular complexity index is 1610. The van der Waals surface area contributed by atoms with E-state index in [1.807, 2.05) is 0 Å². The minimum atomic E-state index is -4.79. The summed E-state index contributed by atoms with van der Waals surface area (Å²) < 4.78 is 143. The monoisotopic (exact) mass is 661 g/mol. The normalized spacial score (nSPS) is 13.0. The third-order valence-electron chi connectivity index (χ3n) is 6.64. The first-order valence-electron chi connectivity index (χ1n) is 13.4. The first-order valence-corrected chi connectivity index (χ1v) is 13.4. The van der Waals surface area contributed by atoms with Crippen molar-refractivity contribution in [2.75, 3.05) is 11.4 Å². The van der Waals surface area contributed by atoms with Gasteiger partial charge in [0.2, 0.25) is 0 Å². The Kier molecular flexibility index (Phi) is 10.4. The summed E-state index contributed by atoms with van der Waals surface area (Å²) in [4.78, 5) is 1.39. The molecule has 0 aliphatic heterocycles. The number of ether oxygens (including phenoxy) is 2. The minimum absolute atomic E-state index is 0.152. The molecule has 1 atom stereocenters. The predicted octanol–water partition coefficient (Wildman–Crippen LogP) is 9.28. The number of halogens is 10. The zero-order chi connectivity index (χ0) is 33.7. The molecule has 0 aliphatic rings. The number of aliphatic hydroxyl groups is 1. The Labute approximate surface area is 256 Å². The molecule has 1 unspecified atom stereocenters. The standard InChI is InChI=1S/C32H25F10NO3/c33-29(34)32(41,42)46-25-11-4-6-20(15-25)17-43(18-28(44)26-12-1-2-13-27(26)31(38,39)40)23-9-5-10-24(16-23)45-19-21-7-3-8-22(14-21)30(35,36)37/h1-16,28-29,44H,17-19H2. The molecule has 0 saturated heterocycles. The fourth-order valence-electron chi connectivity index (χ4n) is 4.52. The zero-order valence-corrected chi connectivity index (χ0v) is 23.5. The van der Waals surface area contributed by atoms with Gasteiger partial charge < -0.3 is 19.5 Å². The number of aliphatic hydroxyl groups excluding tert-OH is 1. The summed E-state index contributed by atoms with van der Waals surface area (Å²) >= 11 is 0. The lowest BCUT2D eigenvalue weighted by Crippen LogP contribution is -2.33. The van der Waals surface area contributed by atoms with Crippen molar-refractivity contribution < 1.29 is 58.5 Å². The highest BCUT2D eigenvalue weighted by molar-refractivity contribution is 5.52. The van der Waals surface area contributed by atoms with Crippen LogP contribution in [0.5, 0.6) is 11.5 Å².